The van der Waals surface area contributed by atoms with E-state index in [1.54, 1.807) is 24.1 Å². The zero-order valence-corrected chi connectivity index (χ0v) is 23.6. The van der Waals surface area contributed by atoms with Crippen LogP contribution in [0.25, 0.3) is 10.2 Å². The lowest BCUT2D eigenvalue weighted by atomic mass is 10.2. The fourth-order valence-electron chi connectivity index (χ4n) is 4.48. The maximum atomic E-state index is 13.7. The highest BCUT2D eigenvalue weighted by molar-refractivity contribution is 7.89. The minimum atomic E-state index is -3.68. The number of rotatable bonds is 11. The summed E-state index contributed by atoms with van der Waals surface area (Å²) in [5, 5.41) is 0.644. The molecule has 0 N–H and O–H groups in total. The first-order valence-corrected chi connectivity index (χ1v) is 15.1. The van der Waals surface area contributed by atoms with Gasteiger partial charge in [0.05, 0.1) is 21.2 Å². The van der Waals surface area contributed by atoms with Crippen molar-refractivity contribution in [1.29, 1.82) is 0 Å². The van der Waals surface area contributed by atoms with Gasteiger partial charge in [-0.1, -0.05) is 31.3 Å². The summed E-state index contributed by atoms with van der Waals surface area (Å²) in [6, 6.07) is 12.3. The molecule has 37 heavy (non-hydrogen) atoms. The van der Waals surface area contributed by atoms with Gasteiger partial charge in [-0.2, -0.15) is 4.31 Å². The second-order valence-electron chi connectivity index (χ2n) is 9.40. The molecule has 8 nitrogen and oxygen atoms in total. The lowest BCUT2D eigenvalue weighted by Gasteiger charge is -2.25. The number of carbonyl (C=O) groups excluding carboxylic acids is 1. The molecule has 10 heteroatoms. The van der Waals surface area contributed by atoms with Crippen molar-refractivity contribution in [3.63, 3.8) is 0 Å². The van der Waals surface area contributed by atoms with E-state index < -0.39 is 10.0 Å². The van der Waals surface area contributed by atoms with Crippen LogP contribution in [0.4, 0.5) is 5.13 Å². The van der Waals surface area contributed by atoms with Gasteiger partial charge >= 0.3 is 0 Å². The molecule has 1 unspecified atom stereocenters. The van der Waals surface area contributed by atoms with Crippen molar-refractivity contribution in [3.8, 4) is 0 Å². The molecule has 1 amide bonds. The van der Waals surface area contributed by atoms with Gasteiger partial charge < -0.3 is 9.64 Å². The molecular weight excluding hydrogens is 508 g/mol. The van der Waals surface area contributed by atoms with Crippen LogP contribution in [0.5, 0.6) is 0 Å². The average molecular weight is 545 g/mol. The van der Waals surface area contributed by atoms with Crippen molar-refractivity contribution in [3.05, 3.63) is 53.6 Å². The summed E-state index contributed by atoms with van der Waals surface area (Å²) in [7, 11) is -2.11. The molecule has 1 aliphatic heterocycles. The Labute approximate surface area is 223 Å². The first-order valence-electron chi connectivity index (χ1n) is 12.8. The van der Waals surface area contributed by atoms with Crippen LogP contribution in [-0.4, -0.2) is 81.0 Å². The molecule has 0 radical (unpaired) electrons. The third kappa shape index (κ3) is 6.38. The van der Waals surface area contributed by atoms with E-state index in [0.29, 0.717) is 36.9 Å². The number of amides is 1. The number of aryl methyl sites for hydroxylation is 1. The van der Waals surface area contributed by atoms with E-state index in [1.165, 1.54) is 27.8 Å². The van der Waals surface area contributed by atoms with Gasteiger partial charge in [0.2, 0.25) is 10.0 Å². The number of sulfonamides is 1. The average Bonchev–Trinajstić information content (AvgIpc) is 3.56. The van der Waals surface area contributed by atoms with Crippen molar-refractivity contribution >= 4 is 42.6 Å². The molecule has 2 aromatic carbocycles. The van der Waals surface area contributed by atoms with Crippen LogP contribution in [0.15, 0.2) is 47.4 Å². The van der Waals surface area contributed by atoms with Gasteiger partial charge in [-0.3, -0.25) is 9.69 Å². The van der Waals surface area contributed by atoms with Crippen LogP contribution < -0.4 is 4.90 Å². The Morgan fingerprint density at radius 3 is 2.49 bits per heavy atom. The minimum absolute atomic E-state index is 0.0717. The topological polar surface area (TPSA) is 83.1 Å². The van der Waals surface area contributed by atoms with Gasteiger partial charge in [0.1, 0.15) is 0 Å². The number of hydrogen-bond acceptors (Lipinski definition) is 7. The molecule has 0 aliphatic carbocycles. The van der Waals surface area contributed by atoms with Gasteiger partial charge in [0.25, 0.3) is 5.91 Å². The molecular formula is C27H36N4O4S2. The van der Waals surface area contributed by atoms with E-state index in [2.05, 4.69) is 24.8 Å². The number of anilines is 1. The molecule has 0 bridgehead atoms. The van der Waals surface area contributed by atoms with E-state index in [1.807, 2.05) is 19.1 Å². The van der Waals surface area contributed by atoms with Crippen molar-refractivity contribution < 1.29 is 17.9 Å². The number of fused-ring (bicyclic) bond motifs is 1. The van der Waals surface area contributed by atoms with Gasteiger partial charge in [0.15, 0.2) is 5.13 Å². The maximum absolute atomic E-state index is 13.7. The van der Waals surface area contributed by atoms with Crippen LogP contribution in [-0.2, 0) is 14.8 Å². The smallest absolute Gasteiger partial charge is 0.260 e. The molecule has 1 saturated heterocycles. The third-order valence-electron chi connectivity index (χ3n) is 6.84. The molecule has 0 saturated carbocycles. The Balaban J connectivity index is 1.57. The third-order valence-corrected chi connectivity index (χ3v) is 9.72. The normalized spacial score (nSPS) is 16.2. The summed E-state index contributed by atoms with van der Waals surface area (Å²) < 4.78 is 34.1. The Hall–Kier alpha value is -2.37. The van der Waals surface area contributed by atoms with Gasteiger partial charge in [-0.15, -0.1) is 0 Å². The Bertz CT molecular complexity index is 1310. The zero-order chi connectivity index (χ0) is 26.6. The second-order valence-corrected chi connectivity index (χ2v) is 12.5. The first kappa shape index (κ1) is 27.7. The lowest BCUT2D eigenvalue weighted by Crippen LogP contribution is -2.39. The Morgan fingerprint density at radius 1 is 1.11 bits per heavy atom. The second kappa shape index (κ2) is 12.0. The fourth-order valence-corrected chi connectivity index (χ4v) is 6.77. The van der Waals surface area contributed by atoms with Gasteiger partial charge in [-0.05, 0) is 74.8 Å². The van der Waals surface area contributed by atoms with Crippen LogP contribution >= 0.6 is 11.3 Å². The summed E-state index contributed by atoms with van der Waals surface area (Å²) >= 11 is 1.50. The summed E-state index contributed by atoms with van der Waals surface area (Å²) in [5.74, 6) is -0.195. The number of hydrogen-bond donors (Lipinski definition) is 0. The highest BCUT2D eigenvalue weighted by Gasteiger charge is 2.27. The number of benzene rings is 2. The SMILES string of the molecule is CCN(CC)CCN(C(=O)c1ccc(S(=O)(=O)N(C)CC2CCCO2)cc1)c1nc2ccc(C)cc2s1. The fraction of sp³-hybridized carbons (Fsp3) is 0.481. The van der Waals surface area contributed by atoms with E-state index in [0.717, 1.165) is 41.7 Å². The molecule has 1 aromatic heterocycles. The summed E-state index contributed by atoms with van der Waals surface area (Å²) in [4.78, 5) is 22.6. The quantitative estimate of drug-likeness (QED) is 0.356. The van der Waals surface area contributed by atoms with Crippen LogP contribution in [0.3, 0.4) is 0 Å². The highest BCUT2D eigenvalue weighted by Crippen LogP contribution is 2.30. The molecule has 3 aromatic rings. The lowest BCUT2D eigenvalue weighted by molar-refractivity contribution is 0.0978. The monoisotopic (exact) mass is 544 g/mol. The summed E-state index contributed by atoms with van der Waals surface area (Å²) in [6.07, 6.45) is 1.74. The molecule has 4 rings (SSSR count). The number of aromatic nitrogens is 1. The van der Waals surface area contributed by atoms with Gasteiger partial charge in [-0.25, -0.2) is 13.4 Å². The van der Waals surface area contributed by atoms with Crippen molar-refractivity contribution in [2.45, 2.75) is 44.6 Å². The molecule has 0 spiro atoms. The number of nitrogens with zero attached hydrogens (tertiary/aromatic N) is 4. The molecule has 1 aliphatic rings. The predicted octanol–water partition coefficient (Wildman–Crippen LogP) is 4.39. The van der Waals surface area contributed by atoms with Crippen LogP contribution in [0.2, 0.25) is 0 Å². The maximum Gasteiger partial charge on any atom is 0.260 e. The Kier molecular flexibility index (Phi) is 8.97. The van der Waals surface area contributed by atoms with Crippen molar-refractivity contribution in [2.24, 2.45) is 0 Å². The number of likely N-dealkylation sites (N-methyl/N-ethyl adjacent to an activating group) is 2. The highest BCUT2D eigenvalue weighted by atomic mass is 32.2. The summed E-state index contributed by atoms with van der Waals surface area (Å²) in [5.41, 5.74) is 2.43. The van der Waals surface area contributed by atoms with E-state index in [-0.39, 0.29) is 16.9 Å². The van der Waals surface area contributed by atoms with Crippen LogP contribution in [0.1, 0.15) is 42.6 Å². The predicted molar refractivity (Wildman–Crippen MR) is 149 cm³/mol. The number of carbonyl (C=O) groups is 1. The molecule has 2 heterocycles. The van der Waals surface area contributed by atoms with Crippen molar-refractivity contribution in [1.82, 2.24) is 14.2 Å². The Morgan fingerprint density at radius 2 is 1.84 bits per heavy atom. The summed E-state index contributed by atoms with van der Waals surface area (Å²) in [6.45, 7) is 10.2. The molecule has 1 atom stereocenters. The molecule has 200 valence electrons. The zero-order valence-electron chi connectivity index (χ0n) is 22.0. The number of ether oxygens (including phenoxy) is 1. The van der Waals surface area contributed by atoms with E-state index >= 15 is 0 Å². The van der Waals surface area contributed by atoms with Crippen molar-refractivity contribution in [2.75, 3.05) is 51.3 Å². The number of thiazole rings is 1. The largest absolute Gasteiger partial charge is 0.377 e. The first-order chi connectivity index (χ1) is 17.7. The van der Waals surface area contributed by atoms with E-state index in [4.69, 9.17) is 9.72 Å². The standard InChI is InChI=1S/C27H36N4O4S2/c1-5-30(6-2)15-16-31(27-28-24-14-9-20(3)18-25(24)36-27)26(32)21-10-12-23(13-11-21)37(33,34)29(4)19-22-8-7-17-35-22/h9-14,18,22H,5-8,15-17,19H2,1-4H3. The van der Waals surface area contributed by atoms with Crippen LogP contribution in [0, 0.1) is 6.92 Å². The molecule has 1 fully saturated rings. The van der Waals surface area contributed by atoms with E-state index in [9.17, 15) is 13.2 Å². The van der Waals surface area contributed by atoms with Gasteiger partial charge in [0, 0.05) is 38.9 Å². The minimum Gasteiger partial charge on any atom is -0.377 e.